The van der Waals surface area contributed by atoms with E-state index >= 15 is 0 Å². The molecule has 0 saturated carbocycles. The Kier molecular flexibility index (Phi) is 1.48. The molecule has 68 valence electrons. The summed E-state index contributed by atoms with van der Waals surface area (Å²) in [5.41, 5.74) is 1.81. The van der Waals surface area contributed by atoms with Gasteiger partial charge in [0.05, 0.1) is 0 Å². The summed E-state index contributed by atoms with van der Waals surface area (Å²) < 4.78 is 0. The molecule has 14 heavy (non-hydrogen) atoms. The second kappa shape index (κ2) is 2.58. The molecule has 0 radical (unpaired) electrons. The normalized spacial score (nSPS) is 13.9. The van der Waals surface area contributed by atoms with Crippen LogP contribution in [-0.2, 0) is 6.42 Å². The first kappa shape index (κ1) is 8.01. The number of benzene rings is 2. The van der Waals surface area contributed by atoms with Gasteiger partial charge in [-0.15, -0.1) is 0 Å². The average Bonchev–Trinajstić information content (AvgIpc) is 2.53. The summed E-state index contributed by atoms with van der Waals surface area (Å²) in [6.45, 7) is 0. The van der Waals surface area contributed by atoms with Crippen molar-refractivity contribution >= 4 is 28.2 Å². The van der Waals surface area contributed by atoms with Crippen LogP contribution in [0.15, 0.2) is 30.3 Å². The van der Waals surface area contributed by atoms with E-state index in [-0.39, 0.29) is 5.78 Å². The maximum Gasteiger partial charge on any atom is 0.167 e. The predicted octanol–water partition coefficient (Wildman–Crippen LogP) is 3.23. The van der Waals surface area contributed by atoms with Crippen molar-refractivity contribution in [1.29, 1.82) is 0 Å². The minimum absolute atomic E-state index is 0.179. The molecule has 0 heterocycles. The molecular weight excluding hydrogens is 196 g/mol. The number of carbonyl (C=O) groups excluding carboxylic acids is 1. The molecule has 2 aromatic rings. The number of ketones is 1. The number of halogens is 1. The zero-order valence-electron chi connectivity index (χ0n) is 7.38. The first-order valence-electron chi connectivity index (χ1n) is 4.50. The third kappa shape index (κ3) is 0.878. The quantitative estimate of drug-likeness (QED) is 0.641. The largest absolute Gasteiger partial charge is 0.294 e. The molecule has 0 atom stereocenters. The lowest BCUT2D eigenvalue weighted by Gasteiger charge is -2.01. The fraction of sp³-hybridized carbons (Fsp3) is 0.0833. The van der Waals surface area contributed by atoms with Crippen molar-refractivity contribution in [3.63, 3.8) is 0 Å². The smallest absolute Gasteiger partial charge is 0.167 e. The summed E-state index contributed by atoms with van der Waals surface area (Å²) in [4.78, 5) is 11.6. The predicted molar refractivity (Wildman–Crippen MR) is 57.0 cm³/mol. The second-order valence-electron chi connectivity index (χ2n) is 3.53. The van der Waals surface area contributed by atoms with E-state index in [0.29, 0.717) is 11.4 Å². The molecule has 1 aliphatic rings. The molecule has 0 unspecified atom stereocenters. The van der Waals surface area contributed by atoms with Gasteiger partial charge in [-0.25, -0.2) is 0 Å². The van der Waals surface area contributed by atoms with Gasteiger partial charge in [-0.1, -0.05) is 35.9 Å². The van der Waals surface area contributed by atoms with Gasteiger partial charge in [0.1, 0.15) is 0 Å². The molecule has 0 amide bonds. The van der Waals surface area contributed by atoms with Crippen molar-refractivity contribution in [2.75, 3.05) is 0 Å². The van der Waals surface area contributed by atoms with Gasteiger partial charge in [0.2, 0.25) is 0 Å². The Labute approximate surface area is 86.3 Å². The maximum absolute atomic E-state index is 11.6. The van der Waals surface area contributed by atoms with E-state index in [1.165, 1.54) is 0 Å². The van der Waals surface area contributed by atoms with Crippen LogP contribution in [0.2, 0.25) is 5.02 Å². The summed E-state index contributed by atoms with van der Waals surface area (Å²) in [6, 6.07) is 9.62. The number of hydrogen-bond donors (Lipinski definition) is 0. The Morgan fingerprint density at radius 1 is 1.14 bits per heavy atom. The van der Waals surface area contributed by atoms with Crippen LogP contribution in [0.5, 0.6) is 0 Å². The molecule has 0 aromatic heterocycles. The van der Waals surface area contributed by atoms with Gasteiger partial charge in [-0.2, -0.15) is 0 Å². The lowest BCUT2D eigenvalue weighted by Crippen LogP contribution is -1.93. The van der Waals surface area contributed by atoms with E-state index < -0.39 is 0 Å². The van der Waals surface area contributed by atoms with Crippen LogP contribution in [0.3, 0.4) is 0 Å². The maximum atomic E-state index is 11.6. The minimum Gasteiger partial charge on any atom is -0.294 e. The molecule has 0 spiro atoms. The van der Waals surface area contributed by atoms with Crippen molar-refractivity contribution in [2.24, 2.45) is 0 Å². The van der Waals surface area contributed by atoms with Crippen LogP contribution in [0.4, 0.5) is 0 Å². The number of hydrogen-bond acceptors (Lipinski definition) is 1. The fourth-order valence-electron chi connectivity index (χ4n) is 2.09. The average molecular weight is 203 g/mol. The molecule has 0 aliphatic heterocycles. The Morgan fingerprint density at radius 3 is 2.86 bits per heavy atom. The molecule has 2 heteroatoms. The molecule has 1 nitrogen and oxygen atoms in total. The van der Waals surface area contributed by atoms with Gasteiger partial charge in [0.15, 0.2) is 5.78 Å². The van der Waals surface area contributed by atoms with Crippen LogP contribution in [-0.4, -0.2) is 5.78 Å². The van der Waals surface area contributed by atoms with Crippen molar-refractivity contribution in [2.45, 2.75) is 6.42 Å². The minimum atomic E-state index is 0.179. The molecule has 2 aromatic carbocycles. The van der Waals surface area contributed by atoms with Crippen molar-refractivity contribution in [3.8, 4) is 0 Å². The van der Waals surface area contributed by atoms with Gasteiger partial charge >= 0.3 is 0 Å². The standard InChI is InChI=1S/C12H7ClO/c13-10-5-4-7-2-1-3-8-11(14)6-9(10)12(7)8/h1-5H,6H2. The van der Waals surface area contributed by atoms with Gasteiger partial charge in [0.25, 0.3) is 0 Å². The molecule has 0 fully saturated rings. The highest BCUT2D eigenvalue weighted by molar-refractivity contribution is 6.34. The van der Waals surface area contributed by atoms with E-state index in [0.717, 1.165) is 21.9 Å². The zero-order chi connectivity index (χ0) is 9.71. The van der Waals surface area contributed by atoms with Crippen molar-refractivity contribution in [1.82, 2.24) is 0 Å². The lowest BCUT2D eigenvalue weighted by atomic mass is 10.1. The summed E-state index contributed by atoms with van der Waals surface area (Å²) in [7, 11) is 0. The second-order valence-corrected chi connectivity index (χ2v) is 3.94. The Morgan fingerprint density at radius 2 is 2.00 bits per heavy atom. The lowest BCUT2D eigenvalue weighted by molar-refractivity contribution is 0.1000. The van der Waals surface area contributed by atoms with Gasteiger partial charge < -0.3 is 0 Å². The zero-order valence-corrected chi connectivity index (χ0v) is 8.14. The highest BCUT2D eigenvalue weighted by atomic mass is 35.5. The van der Waals surface area contributed by atoms with E-state index in [1.807, 2.05) is 30.3 Å². The molecular formula is C12H7ClO. The third-order valence-corrected chi connectivity index (χ3v) is 3.09. The molecule has 1 aliphatic carbocycles. The van der Waals surface area contributed by atoms with Crippen LogP contribution in [0, 0.1) is 0 Å². The summed E-state index contributed by atoms with van der Waals surface area (Å²) >= 11 is 6.05. The van der Waals surface area contributed by atoms with Crippen molar-refractivity contribution in [3.05, 3.63) is 46.5 Å². The van der Waals surface area contributed by atoms with Crippen LogP contribution < -0.4 is 0 Å². The molecule has 0 N–H and O–H groups in total. The molecule has 0 bridgehead atoms. The van der Waals surface area contributed by atoms with Crippen LogP contribution >= 0.6 is 11.6 Å². The first-order valence-corrected chi connectivity index (χ1v) is 4.88. The van der Waals surface area contributed by atoms with Crippen LogP contribution in [0.25, 0.3) is 10.8 Å². The SMILES string of the molecule is O=C1Cc2c(Cl)ccc3cccc1c23. The van der Waals surface area contributed by atoms with Crippen LogP contribution in [0.1, 0.15) is 15.9 Å². The highest BCUT2D eigenvalue weighted by Gasteiger charge is 2.23. The highest BCUT2D eigenvalue weighted by Crippen LogP contribution is 2.34. The number of rotatable bonds is 0. The number of carbonyl (C=O) groups is 1. The monoisotopic (exact) mass is 202 g/mol. The topological polar surface area (TPSA) is 17.1 Å². The van der Waals surface area contributed by atoms with Gasteiger partial charge in [-0.05, 0) is 22.4 Å². The first-order chi connectivity index (χ1) is 6.77. The third-order valence-electron chi connectivity index (χ3n) is 2.73. The fourth-order valence-corrected chi connectivity index (χ4v) is 2.31. The van der Waals surface area contributed by atoms with E-state index in [2.05, 4.69) is 0 Å². The molecule has 0 saturated heterocycles. The summed E-state index contributed by atoms with van der Waals surface area (Å²) in [5, 5.41) is 2.86. The van der Waals surface area contributed by atoms with Gasteiger partial charge in [-0.3, -0.25) is 4.79 Å². The number of Topliss-reactive ketones (excluding diaryl/α,β-unsaturated/α-hetero) is 1. The van der Waals surface area contributed by atoms with Crippen molar-refractivity contribution < 1.29 is 4.79 Å². The Hall–Kier alpha value is -1.34. The Balaban J connectivity index is 2.58. The molecule has 3 rings (SSSR count). The van der Waals surface area contributed by atoms with E-state index in [4.69, 9.17) is 11.6 Å². The van der Waals surface area contributed by atoms with Gasteiger partial charge in [0, 0.05) is 17.0 Å². The van der Waals surface area contributed by atoms with E-state index in [1.54, 1.807) is 0 Å². The van der Waals surface area contributed by atoms with E-state index in [9.17, 15) is 4.79 Å². The summed E-state index contributed by atoms with van der Waals surface area (Å²) in [5.74, 6) is 0.179. The summed E-state index contributed by atoms with van der Waals surface area (Å²) in [6.07, 6.45) is 0.454. The Bertz CT molecular complexity index is 557.